The molecule has 94 heavy (non-hydrogen) atoms. The number of hydrogen-bond donors (Lipinski definition) is 13. The van der Waals surface area contributed by atoms with Crippen LogP contribution in [0.1, 0.15) is 88.2 Å². The summed E-state index contributed by atoms with van der Waals surface area (Å²) in [5, 5.41) is 60.5. The van der Waals surface area contributed by atoms with Crippen molar-refractivity contribution >= 4 is 34.2 Å². The number of fused-ring (bicyclic) bond motifs is 1. The van der Waals surface area contributed by atoms with E-state index >= 15 is 0 Å². The Morgan fingerprint density at radius 3 is 1.36 bits per heavy atom. The minimum atomic E-state index is -0.547. The van der Waals surface area contributed by atoms with Gasteiger partial charge in [0.2, 0.25) is 0 Å². The number of aryl methyl sites for hydroxylation is 5. The summed E-state index contributed by atoms with van der Waals surface area (Å²) >= 11 is 0. The average Bonchev–Trinajstić information content (AvgIpc) is 0.941. The fourth-order valence-corrected chi connectivity index (χ4v) is 9.35. The van der Waals surface area contributed by atoms with Crippen LogP contribution in [0.2, 0.25) is 0 Å². The van der Waals surface area contributed by atoms with Crippen LogP contribution in [-0.2, 0) is 0 Å². The third-order valence-electron chi connectivity index (χ3n) is 15.0. The summed E-state index contributed by atoms with van der Waals surface area (Å²) in [4.78, 5) is 34.8. The number of aromatic hydroxyl groups is 4. The lowest BCUT2D eigenvalue weighted by atomic mass is 10.0. The standard InChI is InChI=1S/C21H26N4O.C18H22N6O.C16H21FN4O.C15H19FN4O/c1-13(2)10-15(22)12-23-20-16-6-4-5-7-18(16)24-21(25-20)17-11-14(3)8-9-19(17)26;1-3-13(19)9-20-18-15(12-7-22-23-8-12)10-21-17(24-18)14-6-11(2)4-5-16(14)25;1-4-11(18)8-19-16-14(17)10(3)20-15(21-16)12-7-9(2)5-6-13(12)22;1-3-10(17)7-18-15-12(16)8-19-14(20-15)11-6-9(2)4-5-13(11)21/h4-9,11,13,15,26H,10,12,22H2,1-3H3,(H,23,24,25);4-8,10,13,25H,3,9,19H2,1-2H3,(H,22,23)(H,20,21,24);5-7,11,22H,4,8,18H2,1-3H3,(H,19,20,21);4-6,8,10,21H,3,7,17H2,1-2H3,(H,18,19,20)/t15-;13-;11-;10-/m1111/s1. The van der Waals surface area contributed by atoms with E-state index in [0.29, 0.717) is 71.8 Å². The van der Waals surface area contributed by atoms with E-state index in [1.54, 1.807) is 74.0 Å². The number of aromatic nitrogens is 10. The smallest absolute Gasteiger partial charge is 0.186 e. The van der Waals surface area contributed by atoms with E-state index in [4.69, 9.17) is 22.9 Å². The zero-order valence-electron chi connectivity index (χ0n) is 55.0. The van der Waals surface area contributed by atoms with Gasteiger partial charge < -0.3 is 64.6 Å². The Kier molecular flexibility index (Phi) is 25.9. The first-order valence-electron chi connectivity index (χ1n) is 31.3. The molecule has 4 atom stereocenters. The van der Waals surface area contributed by atoms with E-state index in [9.17, 15) is 29.2 Å². The molecule has 10 aromatic rings. The van der Waals surface area contributed by atoms with Gasteiger partial charge in [0.15, 0.2) is 46.6 Å². The number of aromatic amines is 1. The zero-order chi connectivity index (χ0) is 68.2. The number of nitrogens with zero attached hydrogens (tertiary/aromatic N) is 9. The van der Waals surface area contributed by atoms with Gasteiger partial charge in [0.05, 0.1) is 45.9 Å². The Morgan fingerprint density at radius 1 is 0.457 bits per heavy atom. The summed E-state index contributed by atoms with van der Waals surface area (Å²) in [5.41, 5.74) is 32.8. The van der Waals surface area contributed by atoms with Crippen LogP contribution in [0.3, 0.4) is 0 Å². The van der Waals surface area contributed by atoms with Crippen molar-refractivity contribution < 1.29 is 29.2 Å². The largest absolute Gasteiger partial charge is 0.507 e. The lowest BCUT2D eigenvalue weighted by Gasteiger charge is -2.17. The zero-order valence-corrected chi connectivity index (χ0v) is 55.0. The van der Waals surface area contributed by atoms with Crippen molar-refractivity contribution in [2.75, 3.05) is 47.4 Å². The first kappa shape index (κ1) is 71.4. The van der Waals surface area contributed by atoms with Gasteiger partial charge in [0.1, 0.15) is 34.6 Å². The molecule has 0 spiro atoms. The molecule has 0 aliphatic carbocycles. The van der Waals surface area contributed by atoms with Gasteiger partial charge in [0.25, 0.3) is 0 Å². The van der Waals surface area contributed by atoms with Crippen molar-refractivity contribution in [3.63, 3.8) is 0 Å². The van der Waals surface area contributed by atoms with Crippen molar-refractivity contribution in [1.29, 1.82) is 0 Å². The van der Waals surface area contributed by atoms with Crippen LogP contribution in [0.25, 0.3) is 67.6 Å². The van der Waals surface area contributed by atoms with E-state index in [-0.39, 0.29) is 76.1 Å². The third-order valence-corrected chi connectivity index (χ3v) is 15.0. The van der Waals surface area contributed by atoms with E-state index < -0.39 is 11.6 Å². The number of phenolic OH excluding ortho intramolecular Hbond substituents is 4. The van der Waals surface area contributed by atoms with E-state index in [1.165, 1.54) is 0 Å². The second kappa shape index (κ2) is 34.1. The molecule has 0 fully saturated rings. The summed E-state index contributed by atoms with van der Waals surface area (Å²) < 4.78 is 27.9. The van der Waals surface area contributed by atoms with Crippen LogP contribution < -0.4 is 44.2 Å². The Hall–Kier alpha value is -10.0. The molecule has 0 bridgehead atoms. The molecule has 0 aliphatic heterocycles. The van der Waals surface area contributed by atoms with Gasteiger partial charge in [-0.3, -0.25) is 5.10 Å². The molecule has 24 heteroatoms. The summed E-state index contributed by atoms with van der Waals surface area (Å²) in [6.07, 6.45) is 9.70. The normalized spacial score (nSPS) is 12.3. The predicted octanol–water partition coefficient (Wildman–Crippen LogP) is 12.0. The number of phenols is 4. The number of rotatable bonds is 22. The first-order chi connectivity index (χ1) is 44.9. The highest BCUT2D eigenvalue weighted by molar-refractivity contribution is 5.91. The van der Waals surface area contributed by atoms with Gasteiger partial charge in [-0.05, 0) is 127 Å². The highest BCUT2D eigenvalue weighted by Gasteiger charge is 2.20. The van der Waals surface area contributed by atoms with Crippen molar-refractivity contribution in [3.05, 3.63) is 161 Å². The number of para-hydroxylation sites is 1. The maximum absolute atomic E-state index is 14.1. The summed E-state index contributed by atoms with van der Waals surface area (Å²) in [6, 6.07) is 28.8. The monoisotopic (exact) mass is 1280 g/mol. The van der Waals surface area contributed by atoms with Crippen molar-refractivity contribution in [3.8, 4) is 79.7 Å². The predicted molar refractivity (Wildman–Crippen MR) is 371 cm³/mol. The quantitative estimate of drug-likeness (QED) is 0.0300. The van der Waals surface area contributed by atoms with Gasteiger partial charge >= 0.3 is 0 Å². The Bertz CT molecular complexity index is 4100. The molecule has 5 heterocycles. The molecule has 0 unspecified atom stereocenters. The average molecular weight is 1280 g/mol. The third kappa shape index (κ3) is 20.0. The highest BCUT2D eigenvalue weighted by Crippen LogP contribution is 2.35. The number of H-pyrrole nitrogens is 1. The number of hydrogen-bond acceptors (Lipinski definition) is 21. The molecule has 0 saturated heterocycles. The van der Waals surface area contributed by atoms with Gasteiger partial charge in [-0.1, -0.05) is 93.3 Å². The second-order valence-electron chi connectivity index (χ2n) is 23.5. The summed E-state index contributed by atoms with van der Waals surface area (Å²) in [7, 11) is 0. The molecule has 22 nitrogen and oxygen atoms in total. The second-order valence-corrected chi connectivity index (χ2v) is 23.5. The number of halogens is 2. The summed E-state index contributed by atoms with van der Waals surface area (Å²) in [5.74, 6) is 3.06. The van der Waals surface area contributed by atoms with Crippen molar-refractivity contribution in [1.82, 2.24) is 50.1 Å². The lowest BCUT2D eigenvalue weighted by molar-refractivity contribution is 0.476. The van der Waals surface area contributed by atoms with Gasteiger partial charge in [-0.2, -0.15) is 5.10 Å². The topological polar surface area (TPSA) is 365 Å². The molecular formula is C70H88F2N18O4. The van der Waals surface area contributed by atoms with Crippen LogP contribution >= 0.6 is 0 Å². The van der Waals surface area contributed by atoms with Crippen LogP contribution in [-0.4, -0.2) is 121 Å². The lowest BCUT2D eigenvalue weighted by Crippen LogP contribution is -2.30. The van der Waals surface area contributed by atoms with Gasteiger partial charge in [-0.15, -0.1) is 0 Å². The Morgan fingerprint density at radius 2 is 0.872 bits per heavy atom. The molecule has 0 saturated carbocycles. The highest BCUT2D eigenvalue weighted by atomic mass is 19.1. The van der Waals surface area contributed by atoms with Gasteiger partial charge in [-0.25, -0.2) is 48.7 Å². The number of nitrogens with two attached hydrogens (primary N) is 4. The van der Waals surface area contributed by atoms with E-state index in [0.717, 1.165) is 82.0 Å². The Balaban J connectivity index is 0.000000178. The SMILES string of the molecule is CC[C@@H](N)CNc1nc(-c2cc(C)ccc2O)nc(C)c1F.CC[C@@H](N)CNc1nc(-c2cc(C)ccc2O)ncc1-c1cn[nH]c1.CC[C@@H](N)CNc1nc(-c2cc(C)ccc2O)ncc1F.Cc1ccc(O)c(-c2nc(NC[C@H](N)CC(C)C)c3ccccc3n2)c1. The molecule has 0 amide bonds. The van der Waals surface area contributed by atoms with E-state index in [2.05, 4.69) is 85.2 Å². The Labute approximate surface area is 547 Å². The maximum atomic E-state index is 14.1. The molecule has 17 N–H and O–H groups in total. The van der Waals surface area contributed by atoms with Crippen LogP contribution in [0.15, 0.2) is 122 Å². The fraction of sp³-hybridized carbons (Fsp3) is 0.329. The summed E-state index contributed by atoms with van der Waals surface area (Å²) in [6.45, 7) is 21.7. The van der Waals surface area contributed by atoms with Crippen LogP contribution in [0, 0.1) is 52.2 Å². The van der Waals surface area contributed by atoms with Crippen LogP contribution in [0.4, 0.5) is 32.1 Å². The molecule has 496 valence electrons. The molecule has 0 radical (unpaired) electrons. The molecule has 10 rings (SSSR count). The molecule has 5 aromatic carbocycles. The minimum absolute atomic E-state index is 0.0305. The minimum Gasteiger partial charge on any atom is -0.507 e. The first-order valence-corrected chi connectivity index (χ1v) is 31.3. The van der Waals surface area contributed by atoms with Crippen LogP contribution in [0.5, 0.6) is 23.0 Å². The fourth-order valence-electron chi connectivity index (χ4n) is 9.35. The maximum Gasteiger partial charge on any atom is 0.186 e. The molecule has 0 aliphatic rings. The van der Waals surface area contributed by atoms with Crippen molar-refractivity contribution in [2.45, 2.75) is 119 Å². The number of benzene rings is 5. The van der Waals surface area contributed by atoms with Crippen molar-refractivity contribution in [2.24, 2.45) is 28.9 Å². The molecular weight excluding hydrogens is 1190 g/mol. The van der Waals surface area contributed by atoms with E-state index in [1.807, 2.05) is 97.0 Å². The number of anilines is 4. The molecule has 5 aromatic heterocycles. The van der Waals surface area contributed by atoms with Gasteiger partial charge in [0, 0.05) is 79.3 Å². The number of nitrogens with one attached hydrogen (secondary N) is 5.